The number of hydrogen-bond donors (Lipinski definition) is 3. The monoisotopic (exact) mass is 287 g/mol. The standard InChI is InChI=1S/C12H21N3O3S/c16-9(8-18-12-7-14-19-15-12)6-13-10-4-2-1-3-5-11(10)17/h7,9-11,13,16-17H,1-6,8H2. The minimum atomic E-state index is -0.614. The van der Waals surface area contributed by atoms with Crippen molar-refractivity contribution in [1.29, 1.82) is 0 Å². The summed E-state index contributed by atoms with van der Waals surface area (Å²) < 4.78 is 13.0. The normalized spacial score (nSPS) is 25.8. The molecule has 0 saturated heterocycles. The van der Waals surface area contributed by atoms with Crippen molar-refractivity contribution in [1.82, 2.24) is 14.1 Å². The third-order valence-corrected chi connectivity index (χ3v) is 3.82. The molecule has 1 fully saturated rings. The molecule has 1 aliphatic rings. The van der Waals surface area contributed by atoms with Crippen molar-refractivity contribution in [3.8, 4) is 5.88 Å². The van der Waals surface area contributed by atoms with Gasteiger partial charge in [0.15, 0.2) is 0 Å². The molecule has 1 aromatic heterocycles. The van der Waals surface area contributed by atoms with Crippen LogP contribution in [0, 0.1) is 0 Å². The second-order valence-corrected chi connectivity index (χ2v) is 5.49. The van der Waals surface area contributed by atoms with Crippen molar-refractivity contribution in [2.75, 3.05) is 13.2 Å². The maximum atomic E-state index is 9.95. The highest BCUT2D eigenvalue weighted by Crippen LogP contribution is 2.17. The van der Waals surface area contributed by atoms with Gasteiger partial charge in [0.1, 0.15) is 18.9 Å². The van der Waals surface area contributed by atoms with Gasteiger partial charge in [0.25, 0.3) is 0 Å². The highest BCUT2D eigenvalue weighted by molar-refractivity contribution is 6.99. The predicted octanol–water partition coefficient (Wildman–Crippen LogP) is 0.561. The average Bonchev–Trinajstić information content (AvgIpc) is 2.84. The average molecular weight is 287 g/mol. The number of rotatable bonds is 6. The molecule has 6 nitrogen and oxygen atoms in total. The zero-order valence-electron chi connectivity index (χ0n) is 10.9. The zero-order chi connectivity index (χ0) is 13.5. The Morgan fingerprint density at radius 1 is 1.42 bits per heavy atom. The lowest BCUT2D eigenvalue weighted by molar-refractivity contribution is 0.0809. The molecule has 19 heavy (non-hydrogen) atoms. The van der Waals surface area contributed by atoms with Crippen LogP contribution in [0.3, 0.4) is 0 Å². The van der Waals surface area contributed by atoms with Crippen LogP contribution in [-0.4, -0.2) is 50.4 Å². The van der Waals surface area contributed by atoms with Gasteiger partial charge in [-0.05, 0) is 12.8 Å². The third kappa shape index (κ3) is 5.02. The molecule has 0 bridgehead atoms. The molecule has 1 saturated carbocycles. The molecule has 3 N–H and O–H groups in total. The molecule has 1 aliphatic carbocycles. The van der Waals surface area contributed by atoms with Crippen LogP contribution in [0.25, 0.3) is 0 Å². The lowest BCUT2D eigenvalue weighted by Gasteiger charge is -2.23. The van der Waals surface area contributed by atoms with Crippen molar-refractivity contribution >= 4 is 11.7 Å². The van der Waals surface area contributed by atoms with Gasteiger partial charge < -0.3 is 20.3 Å². The summed E-state index contributed by atoms with van der Waals surface area (Å²) in [6.45, 7) is 0.598. The Kier molecular flexibility index (Phi) is 5.96. The summed E-state index contributed by atoms with van der Waals surface area (Å²) in [7, 11) is 0. The van der Waals surface area contributed by atoms with Crippen LogP contribution in [0.15, 0.2) is 6.20 Å². The van der Waals surface area contributed by atoms with Gasteiger partial charge in [-0.2, -0.15) is 4.37 Å². The van der Waals surface area contributed by atoms with E-state index in [4.69, 9.17) is 4.74 Å². The Balaban J connectivity index is 1.65. The number of nitrogens with one attached hydrogen (secondary N) is 1. The molecule has 0 spiro atoms. The molecule has 0 aliphatic heterocycles. The maximum Gasteiger partial charge on any atom is 0.245 e. The van der Waals surface area contributed by atoms with E-state index in [-0.39, 0.29) is 18.8 Å². The SMILES string of the molecule is OC(CNC1CCCCCC1O)COc1cnsn1. The summed E-state index contributed by atoms with van der Waals surface area (Å²) in [5.41, 5.74) is 0. The second kappa shape index (κ2) is 7.74. The Hall–Kier alpha value is -0.760. The van der Waals surface area contributed by atoms with Crippen molar-refractivity contribution in [3.63, 3.8) is 0 Å². The minimum Gasteiger partial charge on any atom is -0.473 e. The quantitative estimate of drug-likeness (QED) is 0.663. The first-order valence-corrected chi connectivity index (χ1v) is 7.48. The van der Waals surface area contributed by atoms with Gasteiger partial charge in [0.2, 0.25) is 5.88 Å². The molecule has 0 amide bonds. The molecule has 3 unspecified atom stereocenters. The van der Waals surface area contributed by atoms with Gasteiger partial charge in [-0.15, -0.1) is 4.37 Å². The summed E-state index contributed by atoms with van der Waals surface area (Å²) in [4.78, 5) is 0. The summed E-state index contributed by atoms with van der Waals surface area (Å²) >= 11 is 1.07. The molecule has 3 atom stereocenters. The van der Waals surface area contributed by atoms with Crippen LogP contribution in [0.2, 0.25) is 0 Å². The van der Waals surface area contributed by atoms with Crippen molar-refractivity contribution in [2.24, 2.45) is 0 Å². The number of aliphatic hydroxyl groups is 2. The van der Waals surface area contributed by atoms with E-state index in [1.807, 2.05) is 0 Å². The first-order chi connectivity index (χ1) is 9.25. The predicted molar refractivity (Wildman–Crippen MR) is 72.3 cm³/mol. The Bertz CT molecular complexity index is 350. The second-order valence-electron chi connectivity index (χ2n) is 4.93. The lowest BCUT2D eigenvalue weighted by Crippen LogP contribution is -2.44. The van der Waals surface area contributed by atoms with Crippen molar-refractivity contribution < 1.29 is 14.9 Å². The highest BCUT2D eigenvalue weighted by Gasteiger charge is 2.21. The Labute approximate surface area is 117 Å². The van der Waals surface area contributed by atoms with E-state index in [2.05, 4.69) is 14.1 Å². The number of aromatic nitrogens is 2. The fourth-order valence-corrected chi connectivity index (χ4v) is 2.64. The van der Waals surface area contributed by atoms with E-state index >= 15 is 0 Å². The van der Waals surface area contributed by atoms with Gasteiger partial charge in [-0.3, -0.25) is 0 Å². The summed E-state index contributed by atoms with van der Waals surface area (Å²) in [6, 6.07) is 0.0816. The van der Waals surface area contributed by atoms with Gasteiger partial charge in [0.05, 0.1) is 17.8 Å². The fourth-order valence-electron chi connectivity index (χ4n) is 2.27. The largest absolute Gasteiger partial charge is 0.473 e. The maximum absolute atomic E-state index is 9.95. The van der Waals surface area contributed by atoms with Gasteiger partial charge in [0, 0.05) is 12.6 Å². The van der Waals surface area contributed by atoms with E-state index in [1.165, 1.54) is 12.6 Å². The van der Waals surface area contributed by atoms with Gasteiger partial charge in [-0.25, -0.2) is 0 Å². The number of aliphatic hydroxyl groups excluding tert-OH is 2. The van der Waals surface area contributed by atoms with E-state index in [9.17, 15) is 10.2 Å². The first-order valence-electron chi connectivity index (χ1n) is 6.75. The molecule has 7 heteroatoms. The molecule has 1 aromatic rings. The molecule has 0 radical (unpaired) electrons. The summed E-state index contributed by atoms with van der Waals surface area (Å²) in [5, 5.41) is 23.0. The van der Waals surface area contributed by atoms with Crippen LogP contribution in [0.5, 0.6) is 5.88 Å². The van der Waals surface area contributed by atoms with Crippen LogP contribution in [0.1, 0.15) is 32.1 Å². The van der Waals surface area contributed by atoms with Crippen LogP contribution in [0.4, 0.5) is 0 Å². The van der Waals surface area contributed by atoms with Crippen molar-refractivity contribution in [3.05, 3.63) is 6.20 Å². The third-order valence-electron chi connectivity index (χ3n) is 3.36. The molecular weight excluding hydrogens is 266 g/mol. The lowest BCUT2D eigenvalue weighted by atomic mass is 10.1. The fraction of sp³-hybridized carbons (Fsp3) is 0.833. The molecule has 1 heterocycles. The van der Waals surface area contributed by atoms with E-state index in [0.717, 1.165) is 37.4 Å². The molecule has 0 aromatic carbocycles. The first kappa shape index (κ1) is 14.6. The summed E-state index contributed by atoms with van der Waals surface area (Å²) in [6.07, 6.45) is 5.81. The van der Waals surface area contributed by atoms with Crippen LogP contribution in [-0.2, 0) is 0 Å². The van der Waals surface area contributed by atoms with Crippen molar-refractivity contribution in [2.45, 2.75) is 50.4 Å². The van der Waals surface area contributed by atoms with E-state index in [1.54, 1.807) is 0 Å². The van der Waals surface area contributed by atoms with Crippen LogP contribution < -0.4 is 10.1 Å². The van der Waals surface area contributed by atoms with Gasteiger partial charge >= 0.3 is 0 Å². The van der Waals surface area contributed by atoms with E-state index < -0.39 is 6.10 Å². The topological polar surface area (TPSA) is 87.5 Å². The number of ether oxygens (including phenoxy) is 1. The van der Waals surface area contributed by atoms with E-state index in [0.29, 0.717) is 12.4 Å². The van der Waals surface area contributed by atoms with Crippen LogP contribution >= 0.6 is 11.7 Å². The molecule has 108 valence electrons. The minimum absolute atomic E-state index is 0.0816. The molecule has 2 rings (SSSR count). The smallest absolute Gasteiger partial charge is 0.245 e. The number of nitrogens with zero attached hydrogens (tertiary/aromatic N) is 2. The Morgan fingerprint density at radius 2 is 2.26 bits per heavy atom. The highest BCUT2D eigenvalue weighted by atomic mass is 32.1. The summed E-state index contributed by atoms with van der Waals surface area (Å²) in [5.74, 6) is 0.443. The van der Waals surface area contributed by atoms with Gasteiger partial charge in [-0.1, -0.05) is 19.3 Å². The zero-order valence-corrected chi connectivity index (χ0v) is 11.7. The Morgan fingerprint density at radius 3 is 3.05 bits per heavy atom. The number of hydrogen-bond acceptors (Lipinski definition) is 7. The molecular formula is C12H21N3O3S.